The van der Waals surface area contributed by atoms with Crippen molar-refractivity contribution in [3.05, 3.63) is 6.92 Å². The van der Waals surface area contributed by atoms with Crippen molar-refractivity contribution in [2.75, 3.05) is 0 Å². The van der Waals surface area contributed by atoms with E-state index in [-0.39, 0.29) is 52.4 Å². The first-order valence-corrected chi connectivity index (χ1v) is 2.88. The molecule has 3 N–H and O–H groups in total. The summed E-state index contributed by atoms with van der Waals surface area (Å²) in [6.45, 7) is 2.56. The van der Waals surface area contributed by atoms with Gasteiger partial charge in [0.1, 0.15) is 0 Å². The summed E-state index contributed by atoms with van der Waals surface area (Å²) in [7, 11) is -4.67. The van der Waals surface area contributed by atoms with Crippen LogP contribution in [-0.2, 0) is 67.6 Å². The van der Waals surface area contributed by atoms with Crippen molar-refractivity contribution >= 4 is 16.4 Å². The number of aliphatic carboxylic acids is 1. The van der Waals surface area contributed by atoms with Crippen LogP contribution >= 0.6 is 0 Å². The van der Waals surface area contributed by atoms with Crippen LogP contribution in [0, 0.1) is 6.92 Å². The molecule has 0 unspecified atom stereocenters. The van der Waals surface area contributed by atoms with Crippen LogP contribution in [0.25, 0.3) is 0 Å². The SMILES string of the molecule is O=S(=O)(O)O.[CH2-]C(=O)O.[Zr].[Zr]. The van der Waals surface area contributed by atoms with Gasteiger partial charge in [0.25, 0.3) is 0 Å². The first-order valence-electron chi connectivity index (χ1n) is 1.48. The molecule has 0 amide bonds. The van der Waals surface area contributed by atoms with Gasteiger partial charge in [-0.25, -0.2) is 0 Å². The minimum atomic E-state index is -4.67. The Morgan fingerprint density at radius 3 is 1.18 bits per heavy atom. The fourth-order valence-electron chi connectivity index (χ4n) is 0. The molecule has 0 aromatic heterocycles. The van der Waals surface area contributed by atoms with Crippen LogP contribution in [0.2, 0.25) is 0 Å². The fraction of sp³-hybridized carbons (Fsp3) is 0. The molecule has 64 valence electrons. The normalized spacial score (nSPS) is 7.45. The molecule has 9 heteroatoms. The van der Waals surface area contributed by atoms with E-state index in [9.17, 15) is 0 Å². The maximum Gasteiger partial charge on any atom is 0.394 e. The Labute approximate surface area is 102 Å². The Kier molecular flexibility index (Phi) is 22.6. The summed E-state index contributed by atoms with van der Waals surface area (Å²) in [5, 5.41) is 7.31. The molecule has 0 heterocycles. The molecule has 0 aliphatic carbocycles. The van der Waals surface area contributed by atoms with Gasteiger partial charge in [-0.3, -0.25) is 20.8 Å². The molecule has 0 radical (unpaired) electrons. The number of carboxylic acids is 1. The maximum atomic E-state index is 8.89. The zero-order valence-electron chi connectivity index (χ0n) is 5.18. The van der Waals surface area contributed by atoms with Crippen molar-refractivity contribution in [3.63, 3.8) is 0 Å². The Morgan fingerprint density at radius 1 is 1.18 bits per heavy atom. The molecular weight excluding hydrogens is 335 g/mol. The molecule has 0 bridgehead atoms. The number of hydrogen-bond donors (Lipinski definition) is 3. The number of carboxylic acid groups (broad SMARTS) is 1. The molecule has 0 aliphatic rings. The van der Waals surface area contributed by atoms with Crippen molar-refractivity contribution in [2.24, 2.45) is 0 Å². The third-order valence-electron chi connectivity index (χ3n) is 0. The minimum absolute atomic E-state index is 0. The zero-order chi connectivity index (χ0) is 8.08. The van der Waals surface area contributed by atoms with Crippen LogP contribution < -0.4 is 0 Å². The molecule has 0 atom stereocenters. The Bertz CT molecular complexity index is 161. The van der Waals surface area contributed by atoms with Gasteiger partial charge in [-0.15, -0.1) is 0 Å². The zero-order valence-corrected chi connectivity index (χ0v) is 10.9. The summed E-state index contributed by atoms with van der Waals surface area (Å²) < 4.78 is 31.6. The van der Waals surface area contributed by atoms with Crippen molar-refractivity contribution in [2.45, 2.75) is 0 Å². The average molecular weight is 340 g/mol. The molecule has 0 saturated carbocycles. The maximum absolute atomic E-state index is 8.89. The fourth-order valence-corrected chi connectivity index (χ4v) is 0. The van der Waals surface area contributed by atoms with E-state index in [1.165, 1.54) is 0 Å². The van der Waals surface area contributed by atoms with Crippen molar-refractivity contribution in [1.82, 2.24) is 0 Å². The van der Waals surface area contributed by atoms with Gasteiger partial charge < -0.3 is 5.11 Å². The average Bonchev–Trinajstić information content (AvgIpc) is 1.19. The van der Waals surface area contributed by atoms with Crippen LogP contribution in [0.15, 0.2) is 0 Å². The Morgan fingerprint density at radius 2 is 1.18 bits per heavy atom. The van der Waals surface area contributed by atoms with E-state index in [1.807, 2.05) is 0 Å². The van der Waals surface area contributed by atoms with E-state index in [0.717, 1.165) is 0 Å². The molecule has 0 aromatic rings. The summed E-state index contributed by atoms with van der Waals surface area (Å²) in [5.41, 5.74) is 0. The summed E-state index contributed by atoms with van der Waals surface area (Å²) >= 11 is 0. The predicted octanol–water partition coefficient (Wildman–Crippen LogP) is -0.753. The third-order valence-corrected chi connectivity index (χ3v) is 0. The van der Waals surface area contributed by atoms with Gasteiger partial charge in [0, 0.05) is 52.4 Å². The van der Waals surface area contributed by atoms with E-state index in [0.29, 0.717) is 0 Å². The van der Waals surface area contributed by atoms with Crippen LogP contribution in [-0.4, -0.2) is 28.6 Å². The quantitative estimate of drug-likeness (QED) is 0.395. The minimum Gasteiger partial charge on any atom is -0.503 e. The summed E-state index contributed by atoms with van der Waals surface area (Å²) in [5.74, 6) is -1.08. The summed E-state index contributed by atoms with van der Waals surface area (Å²) in [4.78, 5) is 8.89. The monoisotopic (exact) mass is 337 g/mol. The molecular formula is C2H5O6SZr2-. The van der Waals surface area contributed by atoms with E-state index < -0.39 is 16.4 Å². The van der Waals surface area contributed by atoms with Crippen molar-refractivity contribution in [3.8, 4) is 0 Å². The molecule has 0 aromatic carbocycles. The predicted molar refractivity (Wildman–Crippen MR) is 27.2 cm³/mol. The number of rotatable bonds is 0. The summed E-state index contributed by atoms with van der Waals surface area (Å²) in [6.07, 6.45) is 0. The smallest absolute Gasteiger partial charge is 0.394 e. The standard InChI is InChI=1S/C2H3O2.H2O4S.2Zr/c1-2(3)4;1-5(2,3)4;;/h1H2,(H,3,4);(H2,1,2,3,4);;/q-1;;;. The van der Waals surface area contributed by atoms with Crippen LogP contribution in [0.3, 0.4) is 0 Å². The second-order valence-corrected chi connectivity index (χ2v) is 1.74. The van der Waals surface area contributed by atoms with Gasteiger partial charge in [-0.1, -0.05) is 0 Å². The van der Waals surface area contributed by atoms with Crippen molar-refractivity contribution < 1.29 is 79.8 Å². The Hall–Kier alpha value is 0.976. The van der Waals surface area contributed by atoms with Gasteiger partial charge in [0.2, 0.25) is 0 Å². The van der Waals surface area contributed by atoms with Gasteiger partial charge in [0.05, 0.1) is 0 Å². The van der Waals surface area contributed by atoms with E-state index in [1.54, 1.807) is 0 Å². The van der Waals surface area contributed by atoms with Gasteiger partial charge in [0.15, 0.2) is 5.97 Å². The molecule has 0 fully saturated rings. The van der Waals surface area contributed by atoms with Crippen LogP contribution in [0.1, 0.15) is 0 Å². The van der Waals surface area contributed by atoms with Crippen LogP contribution in [0.4, 0.5) is 0 Å². The van der Waals surface area contributed by atoms with Gasteiger partial charge in [-0.05, 0) is 0 Å². The van der Waals surface area contributed by atoms with Gasteiger partial charge in [-0.2, -0.15) is 8.42 Å². The van der Waals surface area contributed by atoms with Crippen LogP contribution in [0.5, 0.6) is 0 Å². The molecule has 0 rings (SSSR count). The molecule has 6 nitrogen and oxygen atoms in total. The number of carbonyl (C=O) groups is 1. The first kappa shape index (κ1) is 22.7. The van der Waals surface area contributed by atoms with Gasteiger partial charge >= 0.3 is 10.4 Å². The summed E-state index contributed by atoms with van der Waals surface area (Å²) in [6, 6.07) is 0. The second-order valence-electron chi connectivity index (χ2n) is 0.842. The van der Waals surface area contributed by atoms with E-state index in [2.05, 4.69) is 6.92 Å². The number of hydrogen-bond acceptors (Lipinski definition) is 3. The molecule has 11 heavy (non-hydrogen) atoms. The Balaban J connectivity index is -0.0000000383. The largest absolute Gasteiger partial charge is 0.503 e. The van der Waals surface area contributed by atoms with E-state index in [4.69, 9.17) is 27.4 Å². The van der Waals surface area contributed by atoms with E-state index >= 15 is 0 Å². The topological polar surface area (TPSA) is 112 Å². The third kappa shape index (κ3) is 928. The molecule has 0 aliphatic heterocycles. The molecule has 0 saturated heterocycles. The second kappa shape index (κ2) is 11.0. The first-order chi connectivity index (χ1) is 3.73. The molecule has 0 spiro atoms. The van der Waals surface area contributed by atoms with Crippen molar-refractivity contribution in [1.29, 1.82) is 0 Å².